The molecule has 1 aromatic heterocycles. The predicted molar refractivity (Wildman–Crippen MR) is 102 cm³/mol. The van der Waals surface area contributed by atoms with Crippen molar-refractivity contribution in [1.82, 2.24) is 20.3 Å². The number of amides is 1. The molecule has 0 spiro atoms. The van der Waals surface area contributed by atoms with Crippen LogP contribution in [0.5, 0.6) is 0 Å². The molecule has 1 aliphatic heterocycles. The van der Waals surface area contributed by atoms with E-state index in [9.17, 15) is 4.79 Å². The van der Waals surface area contributed by atoms with Gasteiger partial charge in [-0.1, -0.05) is 37.3 Å². The van der Waals surface area contributed by atoms with Gasteiger partial charge in [0.25, 0.3) is 5.91 Å². The number of nitrogens with one attached hydrogen (secondary N) is 2. The summed E-state index contributed by atoms with van der Waals surface area (Å²) in [6.45, 7) is 8.21. The molecule has 6 nitrogen and oxygen atoms in total. The number of nitrogens with zero attached hydrogens (tertiary/aromatic N) is 3. The van der Waals surface area contributed by atoms with Crippen LogP contribution in [0, 0.1) is 6.92 Å². The fourth-order valence-corrected chi connectivity index (χ4v) is 3.15. The van der Waals surface area contributed by atoms with Crippen molar-refractivity contribution in [2.75, 3.05) is 18.4 Å². The first kappa shape index (κ1) is 19.4. The van der Waals surface area contributed by atoms with Crippen LogP contribution in [-0.4, -0.2) is 34.0 Å². The average molecular weight is 364 g/mol. The summed E-state index contributed by atoms with van der Waals surface area (Å²) < 4.78 is 1.83. The molecule has 0 unspecified atom stereocenters. The molecule has 1 fully saturated rings. The van der Waals surface area contributed by atoms with E-state index < -0.39 is 0 Å². The summed E-state index contributed by atoms with van der Waals surface area (Å²) in [6.07, 6.45) is 3.79. The fraction of sp³-hybridized carbons (Fsp3) is 0.500. The Bertz CT molecular complexity index is 722. The summed E-state index contributed by atoms with van der Waals surface area (Å²) in [7, 11) is 0. The largest absolute Gasteiger partial charge is 0.320 e. The third kappa shape index (κ3) is 4.38. The third-order valence-electron chi connectivity index (χ3n) is 4.59. The van der Waals surface area contributed by atoms with Crippen molar-refractivity contribution in [3.63, 3.8) is 0 Å². The molecule has 0 atom stereocenters. The van der Waals surface area contributed by atoms with E-state index in [-0.39, 0.29) is 18.3 Å². The Kier molecular flexibility index (Phi) is 6.56. The standard InChI is InChI=1S/C18H25N5O.ClH/c1-12(2)15-6-4-5-13(3)17(15)20-18(24)16-11-23(22-21-16)14-7-9-19-10-8-14;/h4-6,11-12,14,19H,7-10H2,1-3H3,(H,20,24);1H. The number of aromatic nitrogens is 3. The Balaban J connectivity index is 0.00000225. The second-order valence-corrected chi connectivity index (χ2v) is 6.71. The van der Waals surface area contributed by atoms with E-state index in [1.165, 1.54) is 0 Å². The number of carbonyl (C=O) groups excluding carboxylic acids is 1. The summed E-state index contributed by atoms with van der Waals surface area (Å²) in [5.41, 5.74) is 3.44. The molecule has 0 saturated carbocycles. The average Bonchev–Trinajstić information content (AvgIpc) is 3.07. The molecule has 0 aliphatic carbocycles. The van der Waals surface area contributed by atoms with E-state index in [1.54, 1.807) is 6.20 Å². The molecule has 136 valence electrons. The number of hydrogen-bond acceptors (Lipinski definition) is 4. The first-order valence-corrected chi connectivity index (χ1v) is 8.59. The van der Waals surface area contributed by atoms with Crippen LogP contribution in [0.25, 0.3) is 0 Å². The molecule has 7 heteroatoms. The van der Waals surface area contributed by atoms with Gasteiger partial charge in [-0.15, -0.1) is 17.5 Å². The number of piperidine rings is 1. The Labute approximate surface area is 154 Å². The van der Waals surface area contributed by atoms with Crippen LogP contribution in [-0.2, 0) is 0 Å². The van der Waals surface area contributed by atoms with E-state index in [1.807, 2.05) is 23.7 Å². The van der Waals surface area contributed by atoms with Crippen LogP contribution >= 0.6 is 12.4 Å². The van der Waals surface area contributed by atoms with Crippen LogP contribution in [0.15, 0.2) is 24.4 Å². The Morgan fingerprint density at radius 2 is 2.04 bits per heavy atom. The molecular weight excluding hydrogens is 338 g/mol. The Morgan fingerprint density at radius 3 is 2.72 bits per heavy atom. The molecule has 3 rings (SSSR count). The zero-order valence-corrected chi connectivity index (χ0v) is 15.8. The molecule has 0 radical (unpaired) electrons. The topological polar surface area (TPSA) is 71.8 Å². The minimum atomic E-state index is -0.202. The maximum Gasteiger partial charge on any atom is 0.277 e. The van der Waals surface area contributed by atoms with Gasteiger partial charge in [0.1, 0.15) is 0 Å². The van der Waals surface area contributed by atoms with Gasteiger partial charge in [0.2, 0.25) is 0 Å². The van der Waals surface area contributed by atoms with Gasteiger partial charge in [0.15, 0.2) is 5.69 Å². The van der Waals surface area contributed by atoms with Gasteiger partial charge >= 0.3 is 0 Å². The maximum absolute atomic E-state index is 12.6. The van der Waals surface area contributed by atoms with Crippen molar-refractivity contribution in [3.05, 3.63) is 41.2 Å². The quantitative estimate of drug-likeness (QED) is 0.874. The van der Waals surface area contributed by atoms with Crippen LogP contribution in [0.2, 0.25) is 0 Å². The van der Waals surface area contributed by atoms with Crippen molar-refractivity contribution >= 4 is 24.0 Å². The highest BCUT2D eigenvalue weighted by molar-refractivity contribution is 6.03. The lowest BCUT2D eigenvalue weighted by Gasteiger charge is -2.22. The molecule has 25 heavy (non-hydrogen) atoms. The molecule has 1 aliphatic rings. The van der Waals surface area contributed by atoms with Crippen LogP contribution in [0.3, 0.4) is 0 Å². The third-order valence-corrected chi connectivity index (χ3v) is 4.59. The molecule has 2 aromatic rings. The van der Waals surface area contributed by atoms with Crippen LogP contribution in [0.1, 0.15) is 60.3 Å². The lowest BCUT2D eigenvalue weighted by molar-refractivity contribution is 0.102. The number of hydrogen-bond donors (Lipinski definition) is 2. The molecular formula is C18H26ClN5O. The molecule has 1 amide bonds. The summed E-state index contributed by atoms with van der Waals surface area (Å²) in [4.78, 5) is 12.6. The SMILES string of the molecule is Cc1cccc(C(C)C)c1NC(=O)c1cn(C2CCNCC2)nn1.Cl. The highest BCUT2D eigenvalue weighted by Crippen LogP contribution is 2.27. The number of carbonyl (C=O) groups is 1. The Morgan fingerprint density at radius 1 is 1.32 bits per heavy atom. The zero-order valence-electron chi connectivity index (χ0n) is 15.0. The van der Waals surface area contributed by atoms with Gasteiger partial charge in [-0.25, -0.2) is 4.68 Å². The molecule has 2 heterocycles. The highest BCUT2D eigenvalue weighted by atomic mass is 35.5. The maximum atomic E-state index is 12.6. The van der Waals surface area contributed by atoms with Gasteiger partial charge in [-0.3, -0.25) is 4.79 Å². The van der Waals surface area contributed by atoms with Crippen molar-refractivity contribution in [2.45, 2.75) is 45.6 Å². The number of rotatable bonds is 4. The first-order chi connectivity index (χ1) is 11.6. The van der Waals surface area contributed by atoms with E-state index in [2.05, 4.69) is 40.9 Å². The Hall–Kier alpha value is -1.92. The van der Waals surface area contributed by atoms with Crippen molar-refractivity contribution in [1.29, 1.82) is 0 Å². The van der Waals surface area contributed by atoms with E-state index in [0.717, 1.165) is 42.7 Å². The number of halogens is 1. The van der Waals surface area contributed by atoms with Gasteiger partial charge < -0.3 is 10.6 Å². The van der Waals surface area contributed by atoms with Crippen LogP contribution < -0.4 is 10.6 Å². The second-order valence-electron chi connectivity index (χ2n) is 6.71. The summed E-state index contributed by atoms with van der Waals surface area (Å²) in [6, 6.07) is 6.41. The number of para-hydroxylation sites is 1. The summed E-state index contributed by atoms with van der Waals surface area (Å²) >= 11 is 0. The van der Waals surface area contributed by atoms with E-state index in [4.69, 9.17) is 0 Å². The molecule has 1 saturated heterocycles. The minimum absolute atomic E-state index is 0. The predicted octanol–water partition coefficient (Wildman–Crippen LogP) is 3.31. The normalized spacial score (nSPS) is 15.0. The lowest BCUT2D eigenvalue weighted by atomic mass is 9.98. The fourth-order valence-electron chi connectivity index (χ4n) is 3.15. The summed E-state index contributed by atoms with van der Waals surface area (Å²) in [5.74, 6) is 0.136. The summed E-state index contributed by atoms with van der Waals surface area (Å²) in [5, 5.41) is 14.6. The number of aryl methyl sites for hydroxylation is 1. The number of anilines is 1. The zero-order chi connectivity index (χ0) is 17.1. The first-order valence-electron chi connectivity index (χ1n) is 8.59. The minimum Gasteiger partial charge on any atom is -0.320 e. The highest BCUT2D eigenvalue weighted by Gasteiger charge is 2.20. The van der Waals surface area contributed by atoms with Gasteiger partial charge in [-0.2, -0.15) is 0 Å². The van der Waals surface area contributed by atoms with Crippen molar-refractivity contribution in [2.24, 2.45) is 0 Å². The van der Waals surface area contributed by atoms with Crippen LogP contribution in [0.4, 0.5) is 5.69 Å². The van der Waals surface area contributed by atoms with Gasteiger partial charge in [0.05, 0.1) is 12.2 Å². The second kappa shape index (κ2) is 8.45. The van der Waals surface area contributed by atoms with Crippen molar-refractivity contribution in [3.8, 4) is 0 Å². The molecule has 1 aromatic carbocycles. The van der Waals surface area contributed by atoms with Gasteiger partial charge in [0, 0.05) is 5.69 Å². The number of benzene rings is 1. The lowest BCUT2D eigenvalue weighted by Crippen LogP contribution is -2.29. The van der Waals surface area contributed by atoms with Crippen molar-refractivity contribution < 1.29 is 4.79 Å². The molecule has 2 N–H and O–H groups in total. The smallest absolute Gasteiger partial charge is 0.277 e. The van der Waals surface area contributed by atoms with Gasteiger partial charge in [-0.05, 0) is 49.9 Å². The van der Waals surface area contributed by atoms with E-state index in [0.29, 0.717) is 17.7 Å². The van der Waals surface area contributed by atoms with E-state index >= 15 is 0 Å². The molecule has 0 bridgehead atoms. The monoisotopic (exact) mass is 363 g/mol.